The van der Waals surface area contributed by atoms with Crippen molar-refractivity contribution in [3.8, 4) is 0 Å². The normalized spacial score (nSPS) is 27.3. The molecule has 0 aromatic carbocycles. The van der Waals surface area contributed by atoms with Crippen LogP contribution in [0, 0.1) is 11.8 Å². The van der Waals surface area contributed by atoms with E-state index in [0.717, 1.165) is 5.92 Å². The van der Waals surface area contributed by atoms with Crippen molar-refractivity contribution in [3.63, 3.8) is 0 Å². The first kappa shape index (κ1) is 9.30. The highest BCUT2D eigenvalue weighted by Gasteiger charge is 2.24. The van der Waals surface area contributed by atoms with Gasteiger partial charge in [-0.3, -0.25) is 0 Å². The molecule has 1 atom stereocenters. The van der Waals surface area contributed by atoms with Gasteiger partial charge in [-0.05, 0) is 50.4 Å². The summed E-state index contributed by atoms with van der Waals surface area (Å²) in [5.41, 5.74) is 1.75. The van der Waals surface area contributed by atoms with E-state index in [1.165, 1.54) is 51.4 Å². The Hall–Kier alpha value is -0.260. The smallest absolute Gasteiger partial charge is 0.0169 e. The highest BCUT2D eigenvalue weighted by atomic mass is 14.3. The molecule has 0 saturated heterocycles. The molecule has 1 unspecified atom stereocenters. The molecule has 1 fully saturated rings. The Morgan fingerprint density at radius 1 is 1.00 bits per heavy atom. The Labute approximate surface area is 82.4 Å². The summed E-state index contributed by atoms with van der Waals surface area (Å²) in [6, 6.07) is 0. The van der Waals surface area contributed by atoms with Crippen LogP contribution < -0.4 is 0 Å². The van der Waals surface area contributed by atoms with Crippen LogP contribution in [0.2, 0.25) is 0 Å². The lowest BCUT2D eigenvalue weighted by molar-refractivity contribution is 0.573. The summed E-state index contributed by atoms with van der Waals surface area (Å²) in [6.07, 6.45) is 13.8. The van der Waals surface area contributed by atoms with Crippen LogP contribution in [0.3, 0.4) is 0 Å². The molecule has 2 aliphatic carbocycles. The third-order valence-corrected chi connectivity index (χ3v) is 3.74. The molecular formula is C13H21. The number of rotatable bonds is 2. The standard InChI is InChI=1S/C13H21/c1-11(13-9-5-6-10-13)12-7-3-2-4-8-12/h7,11H,2-6,8-10H2,1H3. The second kappa shape index (κ2) is 4.30. The molecule has 0 heteroatoms. The minimum Gasteiger partial charge on any atom is -0.0850 e. The minimum absolute atomic E-state index is 0.822. The lowest BCUT2D eigenvalue weighted by Gasteiger charge is -2.24. The summed E-state index contributed by atoms with van der Waals surface area (Å²) >= 11 is 0. The first-order chi connectivity index (χ1) is 6.38. The Bertz CT molecular complexity index is 184. The van der Waals surface area contributed by atoms with E-state index in [2.05, 4.69) is 13.0 Å². The largest absolute Gasteiger partial charge is 0.0850 e. The van der Waals surface area contributed by atoms with Gasteiger partial charge in [0.05, 0.1) is 0 Å². The van der Waals surface area contributed by atoms with E-state index < -0.39 is 0 Å². The van der Waals surface area contributed by atoms with Crippen molar-refractivity contribution in [1.29, 1.82) is 0 Å². The van der Waals surface area contributed by atoms with Crippen molar-refractivity contribution in [2.75, 3.05) is 0 Å². The van der Waals surface area contributed by atoms with E-state index in [9.17, 15) is 0 Å². The van der Waals surface area contributed by atoms with Crippen LogP contribution in [0.5, 0.6) is 0 Å². The zero-order valence-corrected chi connectivity index (χ0v) is 8.81. The predicted octanol–water partition coefficient (Wildman–Crippen LogP) is 4.27. The van der Waals surface area contributed by atoms with Crippen molar-refractivity contribution >= 4 is 0 Å². The zero-order valence-electron chi connectivity index (χ0n) is 8.81. The van der Waals surface area contributed by atoms with E-state index >= 15 is 0 Å². The summed E-state index contributed by atoms with van der Waals surface area (Å²) in [6.45, 7) is 2.43. The maximum Gasteiger partial charge on any atom is -0.0169 e. The number of allylic oxidation sites excluding steroid dienone is 2. The topological polar surface area (TPSA) is 0 Å². The lowest BCUT2D eigenvalue weighted by Crippen LogP contribution is -2.10. The van der Waals surface area contributed by atoms with Gasteiger partial charge in [-0.1, -0.05) is 31.4 Å². The molecule has 0 aromatic heterocycles. The zero-order chi connectivity index (χ0) is 9.10. The number of hydrogen-bond acceptors (Lipinski definition) is 0. The molecular weight excluding hydrogens is 156 g/mol. The molecule has 0 spiro atoms. The van der Waals surface area contributed by atoms with Crippen LogP contribution in [-0.2, 0) is 0 Å². The average molecular weight is 177 g/mol. The van der Waals surface area contributed by atoms with E-state index in [0.29, 0.717) is 0 Å². The van der Waals surface area contributed by atoms with Crippen LogP contribution in [0.15, 0.2) is 11.6 Å². The SMILES string of the molecule is CC([C]1CCCC1)C1=CCCCC1. The lowest BCUT2D eigenvalue weighted by atomic mass is 9.81. The van der Waals surface area contributed by atoms with E-state index in [1.807, 2.05) is 5.92 Å². The molecule has 0 heterocycles. The average Bonchev–Trinajstić information content (AvgIpc) is 2.71. The van der Waals surface area contributed by atoms with E-state index in [-0.39, 0.29) is 0 Å². The third-order valence-electron chi connectivity index (χ3n) is 3.74. The van der Waals surface area contributed by atoms with Gasteiger partial charge in [-0.2, -0.15) is 0 Å². The molecule has 0 aliphatic heterocycles. The summed E-state index contributed by atoms with van der Waals surface area (Å²) in [5, 5.41) is 0. The van der Waals surface area contributed by atoms with Crippen molar-refractivity contribution in [2.24, 2.45) is 5.92 Å². The van der Waals surface area contributed by atoms with Gasteiger partial charge in [0.2, 0.25) is 0 Å². The van der Waals surface area contributed by atoms with Gasteiger partial charge < -0.3 is 0 Å². The molecule has 1 radical (unpaired) electrons. The maximum absolute atomic E-state index is 2.51. The first-order valence-corrected chi connectivity index (χ1v) is 5.91. The molecule has 0 aromatic rings. The molecule has 13 heavy (non-hydrogen) atoms. The molecule has 0 bridgehead atoms. The highest BCUT2D eigenvalue weighted by molar-refractivity contribution is 5.18. The number of hydrogen-bond donors (Lipinski definition) is 0. The van der Waals surface area contributed by atoms with Crippen LogP contribution >= 0.6 is 0 Å². The van der Waals surface area contributed by atoms with Crippen LogP contribution in [0.25, 0.3) is 0 Å². The van der Waals surface area contributed by atoms with Gasteiger partial charge in [0.25, 0.3) is 0 Å². The Morgan fingerprint density at radius 3 is 2.31 bits per heavy atom. The maximum atomic E-state index is 2.51. The second-order valence-electron chi connectivity index (χ2n) is 4.61. The Morgan fingerprint density at radius 2 is 1.69 bits per heavy atom. The fourth-order valence-electron chi connectivity index (χ4n) is 2.78. The van der Waals surface area contributed by atoms with Gasteiger partial charge in [0, 0.05) is 0 Å². The Kier molecular flexibility index (Phi) is 3.08. The molecule has 1 saturated carbocycles. The van der Waals surface area contributed by atoms with Crippen molar-refractivity contribution < 1.29 is 0 Å². The quantitative estimate of drug-likeness (QED) is 0.552. The fraction of sp³-hybridized carbons (Fsp3) is 0.769. The monoisotopic (exact) mass is 177 g/mol. The first-order valence-electron chi connectivity index (χ1n) is 5.91. The molecule has 2 rings (SSSR count). The summed E-state index contributed by atoms with van der Waals surface area (Å²) < 4.78 is 0. The van der Waals surface area contributed by atoms with Gasteiger partial charge in [-0.25, -0.2) is 0 Å². The minimum atomic E-state index is 0.822. The molecule has 2 aliphatic rings. The van der Waals surface area contributed by atoms with E-state index in [1.54, 1.807) is 5.57 Å². The summed E-state index contributed by atoms with van der Waals surface area (Å²) in [5.74, 6) is 2.66. The molecule has 73 valence electrons. The summed E-state index contributed by atoms with van der Waals surface area (Å²) in [4.78, 5) is 0. The van der Waals surface area contributed by atoms with Crippen molar-refractivity contribution in [3.05, 3.63) is 17.6 Å². The predicted molar refractivity (Wildman–Crippen MR) is 57.4 cm³/mol. The van der Waals surface area contributed by atoms with Crippen LogP contribution in [0.1, 0.15) is 58.3 Å². The van der Waals surface area contributed by atoms with Gasteiger partial charge in [-0.15, -0.1) is 0 Å². The summed E-state index contributed by atoms with van der Waals surface area (Å²) in [7, 11) is 0. The highest BCUT2D eigenvalue weighted by Crippen LogP contribution is 2.39. The fourth-order valence-corrected chi connectivity index (χ4v) is 2.78. The van der Waals surface area contributed by atoms with Gasteiger partial charge >= 0.3 is 0 Å². The van der Waals surface area contributed by atoms with Gasteiger partial charge in [0.1, 0.15) is 0 Å². The van der Waals surface area contributed by atoms with Crippen LogP contribution in [0.4, 0.5) is 0 Å². The Balaban J connectivity index is 1.94. The molecule has 0 amide bonds. The van der Waals surface area contributed by atoms with Crippen molar-refractivity contribution in [1.82, 2.24) is 0 Å². The molecule has 0 N–H and O–H groups in total. The van der Waals surface area contributed by atoms with Crippen LogP contribution in [-0.4, -0.2) is 0 Å². The van der Waals surface area contributed by atoms with E-state index in [4.69, 9.17) is 0 Å². The van der Waals surface area contributed by atoms with Crippen molar-refractivity contribution in [2.45, 2.75) is 58.3 Å². The van der Waals surface area contributed by atoms with Gasteiger partial charge in [0.15, 0.2) is 0 Å². The molecule has 0 nitrogen and oxygen atoms in total. The third kappa shape index (κ3) is 2.15. The second-order valence-corrected chi connectivity index (χ2v) is 4.61.